The van der Waals surface area contributed by atoms with Gasteiger partial charge in [-0.1, -0.05) is 25.6 Å². The maximum absolute atomic E-state index is 12.8. The largest absolute Gasteiger partial charge is 0.297 e. The van der Waals surface area contributed by atoms with Gasteiger partial charge in [-0.3, -0.25) is 5.10 Å². The summed E-state index contributed by atoms with van der Waals surface area (Å²) in [5.41, 5.74) is 1.96. The quantitative estimate of drug-likeness (QED) is 0.807. The zero-order valence-corrected chi connectivity index (χ0v) is 9.85. The van der Waals surface area contributed by atoms with Gasteiger partial charge in [0.05, 0.1) is 5.69 Å². The maximum atomic E-state index is 12.8. The maximum Gasteiger partial charge on any atom is 0.127 e. The number of benzene rings is 1. The van der Waals surface area contributed by atoms with Gasteiger partial charge in [0.2, 0.25) is 0 Å². The topological polar surface area (TPSA) is 20.7 Å². The fraction of sp³-hybridized carbons (Fsp3) is 0.250. The van der Waals surface area contributed by atoms with E-state index in [1.807, 2.05) is 6.07 Å². The molecule has 0 aliphatic carbocycles. The van der Waals surface area contributed by atoms with Crippen LogP contribution >= 0.6 is 12.2 Å². The Morgan fingerprint density at radius 2 is 2.00 bits per heavy atom. The first-order valence-corrected chi connectivity index (χ1v) is 5.68. The van der Waals surface area contributed by atoms with Crippen LogP contribution in [0.4, 0.5) is 4.39 Å². The molecule has 0 saturated carbocycles. The fourth-order valence-electron chi connectivity index (χ4n) is 1.62. The van der Waals surface area contributed by atoms with Gasteiger partial charge in [0.25, 0.3) is 0 Å². The monoisotopic (exact) mass is 236 g/mol. The van der Waals surface area contributed by atoms with E-state index in [2.05, 4.69) is 12.0 Å². The Kier molecular flexibility index (Phi) is 3.19. The summed E-state index contributed by atoms with van der Waals surface area (Å²) in [6, 6.07) is 8.21. The summed E-state index contributed by atoms with van der Waals surface area (Å²) in [5.74, 6) is -0.240. The predicted molar refractivity (Wildman–Crippen MR) is 64.9 cm³/mol. The Balaban J connectivity index is 2.40. The highest BCUT2D eigenvalue weighted by atomic mass is 32.1. The Bertz CT molecular complexity index is 525. The zero-order valence-electron chi connectivity index (χ0n) is 9.03. The predicted octanol–water partition coefficient (Wildman–Crippen LogP) is 3.63. The van der Waals surface area contributed by atoms with Crippen LogP contribution in [0.1, 0.15) is 19.0 Å². The summed E-state index contributed by atoms with van der Waals surface area (Å²) >= 11 is 5.24. The van der Waals surface area contributed by atoms with Gasteiger partial charge in [0.15, 0.2) is 0 Å². The van der Waals surface area contributed by atoms with E-state index in [1.54, 1.807) is 16.8 Å². The first-order valence-electron chi connectivity index (χ1n) is 5.27. The van der Waals surface area contributed by atoms with Crippen molar-refractivity contribution in [3.63, 3.8) is 0 Å². The van der Waals surface area contributed by atoms with Gasteiger partial charge < -0.3 is 0 Å². The van der Waals surface area contributed by atoms with Crippen molar-refractivity contribution >= 4 is 12.2 Å². The lowest BCUT2D eigenvalue weighted by atomic mass is 10.3. The van der Waals surface area contributed by atoms with E-state index < -0.39 is 0 Å². The first kappa shape index (κ1) is 11.1. The van der Waals surface area contributed by atoms with Crippen molar-refractivity contribution in [2.24, 2.45) is 0 Å². The van der Waals surface area contributed by atoms with Gasteiger partial charge in [0.1, 0.15) is 10.5 Å². The van der Waals surface area contributed by atoms with Crippen LogP contribution in [-0.2, 0) is 6.42 Å². The van der Waals surface area contributed by atoms with Crippen LogP contribution in [0.15, 0.2) is 30.3 Å². The van der Waals surface area contributed by atoms with E-state index in [4.69, 9.17) is 12.2 Å². The molecular weight excluding hydrogens is 223 g/mol. The van der Waals surface area contributed by atoms with Crippen molar-refractivity contribution in [3.8, 4) is 5.69 Å². The lowest BCUT2D eigenvalue weighted by molar-refractivity contribution is 0.627. The Hall–Kier alpha value is -1.42. The molecule has 2 rings (SSSR count). The second-order valence-corrected chi connectivity index (χ2v) is 4.10. The molecule has 2 aromatic rings. The summed E-state index contributed by atoms with van der Waals surface area (Å²) in [6.45, 7) is 2.12. The Labute approximate surface area is 98.7 Å². The smallest absolute Gasteiger partial charge is 0.127 e. The van der Waals surface area contributed by atoms with Gasteiger partial charge in [-0.05, 0) is 36.8 Å². The van der Waals surface area contributed by atoms with Crippen LogP contribution in [0.2, 0.25) is 0 Å². The van der Waals surface area contributed by atoms with Crippen LogP contribution in [0.3, 0.4) is 0 Å². The highest BCUT2D eigenvalue weighted by Crippen LogP contribution is 2.11. The van der Waals surface area contributed by atoms with Gasteiger partial charge in [-0.2, -0.15) is 0 Å². The van der Waals surface area contributed by atoms with Crippen molar-refractivity contribution in [1.29, 1.82) is 0 Å². The molecule has 0 spiro atoms. The molecule has 0 fully saturated rings. The third-order valence-corrected chi connectivity index (χ3v) is 2.68. The van der Waals surface area contributed by atoms with Gasteiger partial charge in [-0.25, -0.2) is 9.07 Å². The molecule has 1 heterocycles. The Morgan fingerprint density at radius 3 is 2.62 bits per heavy atom. The SMILES string of the molecule is CCCc1cc(=S)n(-c2ccc(F)cc2)[nH]1. The third-order valence-electron chi connectivity index (χ3n) is 2.38. The molecule has 0 radical (unpaired) electrons. The van der Waals surface area contributed by atoms with Crippen LogP contribution in [0, 0.1) is 10.5 Å². The molecule has 2 nitrogen and oxygen atoms in total. The second-order valence-electron chi connectivity index (χ2n) is 3.68. The van der Waals surface area contributed by atoms with Gasteiger partial charge in [0, 0.05) is 5.69 Å². The minimum atomic E-state index is -0.240. The zero-order chi connectivity index (χ0) is 11.5. The molecule has 1 aromatic heterocycles. The first-order chi connectivity index (χ1) is 7.70. The molecule has 0 aliphatic heterocycles. The van der Waals surface area contributed by atoms with Crippen LogP contribution in [0.25, 0.3) is 5.69 Å². The minimum Gasteiger partial charge on any atom is -0.297 e. The summed E-state index contributed by atoms with van der Waals surface area (Å²) in [7, 11) is 0. The Morgan fingerprint density at radius 1 is 1.31 bits per heavy atom. The van der Waals surface area contributed by atoms with E-state index >= 15 is 0 Å². The number of nitrogens with zero attached hydrogens (tertiary/aromatic N) is 1. The summed E-state index contributed by atoms with van der Waals surface area (Å²) in [6.07, 6.45) is 2.04. The highest BCUT2D eigenvalue weighted by Gasteiger charge is 2.02. The number of rotatable bonds is 3. The molecule has 0 amide bonds. The molecule has 0 unspecified atom stereocenters. The second kappa shape index (κ2) is 4.61. The number of aromatic amines is 1. The number of aromatic nitrogens is 2. The molecule has 16 heavy (non-hydrogen) atoms. The number of hydrogen-bond donors (Lipinski definition) is 1. The standard InChI is InChI=1S/C12H13FN2S/c1-2-3-10-8-12(16)15(14-10)11-6-4-9(13)5-7-11/h4-8,14H,2-3H2,1H3. The van der Waals surface area contributed by atoms with Crippen LogP contribution < -0.4 is 0 Å². The van der Waals surface area contributed by atoms with Crippen molar-refractivity contribution in [1.82, 2.24) is 9.78 Å². The number of nitrogens with one attached hydrogen (secondary N) is 1. The summed E-state index contributed by atoms with van der Waals surface area (Å²) < 4.78 is 15.3. The molecular formula is C12H13FN2S. The van der Waals surface area contributed by atoms with Crippen LogP contribution in [-0.4, -0.2) is 9.78 Å². The minimum absolute atomic E-state index is 0.240. The number of halogens is 1. The van der Waals surface area contributed by atoms with Crippen molar-refractivity contribution in [3.05, 3.63) is 46.5 Å². The lowest BCUT2D eigenvalue weighted by Crippen LogP contribution is -1.97. The van der Waals surface area contributed by atoms with E-state index in [1.165, 1.54) is 12.1 Å². The molecule has 1 aromatic carbocycles. The lowest BCUT2D eigenvalue weighted by Gasteiger charge is -2.02. The fourth-order valence-corrected chi connectivity index (χ4v) is 1.92. The summed E-state index contributed by atoms with van der Waals surface area (Å²) in [4.78, 5) is 0. The van der Waals surface area contributed by atoms with E-state index in [9.17, 15) is 4.39 Å². The molecule has 0 atom stereocenters. The summed E-state index contributed by atoms with van der Waals surface area (Å²) in [5, 5.41) is 3.21. The molecule has 84 valence electrons. The average Bonchev–Trinajstić information content (AvgIpc) is 2.61. The van der Waals surface area contributed by atoms with E-state index in [0.717, 1.165) is 28.9 Å². The molecule has 4 heteroatoms. The normalized spacial score (nSPS) is 10.6. The third kappa shape index (κ3) is 2.22. The molecule has 1 N–H and O–H groups in total. The highest BCUT2D eigenvalue weighted by molar-refractivity contribution is 7.71. The van der Waals surface area contributed by atoms with Crippen molar-refractivity contribution in [2.45, 2.75) is 19.8 Å². The average molecular weight is 236 g/mol. The van der Waals surface area contributed by atoms with Crippen molar-refractivity contribution < 1.29 is 4.39 Å². The number of H-pyrrole nitrogens is 1. The molecule has 0 aliphatic rings. The molecule has 0 saturated heterocycles. The number of hydrogen-bond acceptors (Lipinski definition) is 1. The van der Waals surface area contributed by atoms with E-state index in [-0.39, 0.29) is 5.82 Å². The van der Waals surface area contributed by atoms with Gasteiger partial charge >= 0.3 is 0 Å². The van der Waals surface area contributed by atoms with E-state index in [0.29, 0.717) is 0 Å². The van der Waals surface area contributed by atoms with Crippen LogP contribution in [0.5, 0.6) is 0 Å². The van der Waals surface area contributed by atoms with Crippen molar-refractivity contribution in [2.75, 3.05) is 0 Å². The van der Waals surface area contributed by atoms with Gasteiger partial charge in [-0.15, -0.1) is 0 Å². The number of aryl methyl sites for hydroxylation is 1. The molecule has 0 bridgehead atoms.